The molecule has 1 N–H and O–H groups in total. The first-order chi connectivity index (χ1) is 7.70. The minimum Gasteiger partial charge on any atom is -0.469 e. The molecule has 0 radical (unpaired) electrons. The zero-order chi connectivity index (χ0) is 11.5. The Balaban J connectivity index is 2.07. The van der Waals surface area contributed by atoms with Gasteiger partial charge in [0.05, 0.1) is 19.6 Å². The van der Waals surface area contributed by atoms with Crippen LogP contribution in [0, 0.1) is 0 Å². The average Bonchev–Trinajstić information content (AvgIpc) is 3.13. The highest BCUT2D eigenvalue weighted by molar-refractivity contribution is 5.70. The van der Waals surface area contributed by atoms with Gasteiger partial charge in [0, 0.05) is 0 Å². The van der Waals surface area contributed by atoms with Gasteiger partial charge in [-0.2, -0.15) is 0 Å². The molecule has 0 saturated heterocycles. The van der Waals surface area contributed by atoms with E-state index in [2.05, 4.69) is 10.8 Å². The fraction of sp³-hybridized carbons (Fsp3) is 0.462. The molecule has 1 aromatic rings. The zero-order valence-corrected chi connectivity index (χ0v) is 9.35. The summed E-state index contributed by atoms with van der Waals surface area (Å²) in [5, 5.41) is 9.85. The molecule has 0 spiro atoms. The number of esters is 1. The van der Waals surface area contributed by atoms with Crippen molar-refractivity contribution in [2.75, 3.05) is 7.11 Å². The third kappa shape index (κ3) is 2.61. The molecule has 1 saturated carbocycles. The van der Waals surface area contributed by atoms with E-state index in [-0.39, 0.29) is 12.4 Å². The fourth-order valence-electron chi connectivity index (χ4n) is 1.80. The fourth-order valence-corrected chi connectivity index (χ4v) is 1.80. The standard InChI is InChI=1S/C13H16O3/c1-16-13(15)8-12(14)11-4-2-3-10(7-11)9-5-6-9/h2-4,7,9,12,14H,5-6,8H2,1H3/t12-/m0/s1. The minimum absolute atomic E-state index is 0.0185. The molecule has 0 unspecified atom stereocenters. The van der Waals surface area contributed by atoms with E-state index < -0.39 is 6.10 Å². The number of hydrogen-bond acceptors (Lipinski definition) is 3. The second-order valence-corrected chi connectivity index (χ2v) is 4.24. The predicted octanol–water partition coefficient (Wildman–Crippen LogP) is 2.16. The van der Waals surface area contributed by atoms with Crippen LogP contribution in [0.15, 0.2) is 24.3 Å². The van der Waals surface area contributed by atoms with Gasteiger partial charge in [-0.05, 0) is 29.9 Å². The van der Waals surface area contributed by atoms with Gasteiger partial charge in [-0.1, -0.05) is 24.3 Å². The number of aliphatic hydroxyl groups excluding tert-OH is 1. The number of carbonyl (C=O) groups is 1. The summed E-state index contributed by atoms with van der Waals surface area (Å²) in [5.41, 5.74) is 2.07. The van der Waals surface area contributed by atoms with Crippen LogP contribution in [0.4, 0.5) is 0 Å². The number of ether oxygens (including phenoxy) is 1. The number of rotatable bonds is 4. The lowest BCUT2D eigenvalue weighted by atomic mass is 10.0. The van der Waals surface area contributed by atoms with Crippen LogP contribution in [0.25, 0.3) is 0 Å². The molecule has 0 aromatic heterocycles. The quantitative estimate of drug-likeness (QED) is 0.791. The second kappa shape index (κ2) is 4.66. The van der Waals surface area contributed by atoms with Crippen molar-refractivity contribution in [2.24, 2.45) is 0 Å². The lowest BCUT2D eigenvalue weighted by Crippen LogP contribution is -2.08. The van der Waals surface area contributed by atoms with Gasteiger partial charge in [0.2, 0.25) is 0 Å². The molecule has 0 amide bonds. The molecule has 1 aromatic carbocycles. The van der Waals surface area contributed by atoms with Crippen LogP contribution in [0.5, 0.6) is 0 Å². The molecular weight excluding hydrogens is 204 g/mol. The number of carbonyl (C=O) groups excluding carboxylic acids is 1. The van der Waals surface area contributed by atoms with Gasteiger partial charge in [-0.15, -0.1) is 0 Å². The molecule has 3 nitrogen and oxygen atoms in total. The second-order valence-electron chi connectivity index (χ2n) is 4.24. The van der Waals surface area contributed by atoms with Crippen LogP contribution >= 0.6 is 0 Å². The Labute approximate surface area is 95.0 Å². The van der Waals surface area contributed by atoms with E-state index in [0.29, 0.717) is 5.92 Å². The first-order valence-electron chi connectivity index (χ1n) is 5.55. The molecule has 1 fully saturated rings. The van der Waals surface area contributed by atoms with Crippen molar-refractivity contribution in [3.63, 3.8) is 0 Å². The molecule has 1 aliphatic rings. The number of hydrogen-bond donors (Lipinski definition) is 1. The Morgan fingerprint density at radius 2 is 2.31 bits per heavy atom. The average molecular weight is 220 g/mol. The number of benzene rings is 1. The molecule has 2 rings (SSSR count). The lowest BCUT2D eigenvalue weighted by molar-refractivity contribution is -0.142. The summed E-state index contributed by atoms with van der Waals surface area (Å²) in [6, 6.07) is 7.85. The highest BCUT2D eigenvalue weighted by Crippen LogP contribution is 2.40. The van der Waals surface area contributed by atoms with Gasteiger partial charge in [0.25, 0.3) is 0 Å². The number of methoxy groups -OCH3 is 1. The van der Waals surface area contributed by atoms with Crippen molar-refractivity contribution >= 4 is 5.97 Å². The van der Waals surface area contributed by atoms with Crippen molar-refractivity contribution in [1.82, 2.24) is 0 Å². The van der Waals surface area contributed by atoms with E-state index in [1.54, 1.807) is 0 Å². The smallest absolute Gasteiger partial charge is 0.308 e. The van der Waals surface area contributed by atoms with E-state index in [1.807, 2.05) is 18.2 Å². The summed E-state index contributed by atoms with van der Waals surface area (Å²) in [7, 11) is 1.33. The van der Waals surface area contributed by atoms with E-state index in [4.69, 9.17) is 0 Å². The SMILES string of the molecule is COC(=O)C[C@H](O)c1cccc(C2CC2)c1. The van der Waals surface area contributed by atoms with E-state index in [0.717, 1.165) is 5.56 Å². The first kappa shape index (κ1) is 11.1. The third-order valence-corrected chi connectivity index (χ3v) is 2.93. The molecule has 0 aliphatic heterocycles. The van der Waals surface area contributed by atoms with Gasteiger partial charge < -0.3 is 9.84 Å². The molecule has 3 heteroatoms. The highest BCUT2D eigenvalue weighted by atomic mass is 16.5. The van der Waals surface area contributed by atoms with Crippen LogP contribution in [0.3, 0.4) is 0 Å². The maximum atomic E-state index is 11.0. The minimum atomic E-state index is -0.758. The summed E-state index contributed by atoms with van der Waals surface area (Å²) in [6.07, 6.45) is 1.73. The maximum Gasteiger partial charge on any atom is 0.308 e. The van der Waals surface area contributed by atoms with Crippen molar-refractivity contribution in [2.45, 2.75) is 31.3 Å². The number of aliphatic hydroxyl groups is 1. The molecule has 16 heavy (non-hydrogen) atoms. The first-order valence-corrected chi connectivity index (χ1v) is 5.55. The molecule has 86 valence electrons. The molecule has 0 bridgehead atoms. The third-order valence-electron chi connectivity index (χ3n) is 2.93. The van der Waals surface area contributed by atoms with Gasteiger partial charge in [-0.3, -0.25) is 4.79 Å². The van der Waals surface area contributed by atoms with E-state index >= 15 is 0 Å². The summed E-state index contributed by atoms with van der Waals surface area (Å²) >= 11 is 0. The van der Waals surface area contributed by atoms with E-state index in [9.17, 15) is 9.90 Å². The highest BCUT2D eigenvalue weighted by Gasteiger charge is 2.24. The summed E-state index contributed by atoms with van der Waals surface area (Å²) in [6.45, 7) is 0. The lowest BCUT2D eigenvalue weighted by Gasteiger charge is -2.10. The van der Waals surface area contributed by atoms with Crippen LogP contribution in [-0.2, 0) is 9.53 Å². The van der Waals surface area contributed by atoms with Crippen molar-refractivity contribution < 1.29 is 14.6 Å². The Bertz CT molecular complexity index is 383. The predicted molar refractivity (Wildman–Crippen MR) is 60.0 cm³/mol. The van der Waals surface area contributed by atoms with Crippen LogP contribution in [0.1, 0.15) is 42.4 Å². The molecule has 0 heterocycles. The van der Waals surface area contributed by atoms with Crippen LogP contribution < -0.4 is 0 Å². The summed E-state index contributed by atoms with van der Waals surface area (Å²) in [5.74, 6) is 0.273. The van der Waals surface area contributed by atoms with Crippen LogP contribution in [0.2, 0.25) is 0 Å². The van der Waals surface area contributed by atoms with Gasteiger partial charge in [0.15, 0.2) is 0 Å². The van der Waals surface area contributed by atoms with Gasteiger partial charge >= 0.3 is 5.97 Å². The Kier molecular flexibility index (Phi) is 3.25. The Morgan fingerprint density at radius 1 is 1.56 bits per heavy atom. The molecule has 1 atom stereocenters. The van der Waals surface area contributed by atoms with Gasteiger partial charge in [0.1, 0.15) is 0 Å². The summed E-state index contributed by atoms with van der Waals surface area (Å²) < 4.78 is 4.53. The zero-order valence-electron chi connectivity index (χ0n) is 9.35. The largest absolute Gasteiger partial charge is 0.469 e. The maximum absolute atomic E-state index is 11.0. The van der Waals surface area contributed by atoms with Crippen LogP contribution in [-0.4, -0.2) is 18.2 Å². The van der Waals surface area contributed by atoms with Gasteiger partial charge in [-0.25, -0.2) is 0 Å². The molecular formula is C13H16O3. The summed E-state index contributed by atoms with van der Waals surface area (Å²) in [4.78, 5) is 11.0. The Hall–Kier alpha value is -1.35. The van der Waals surface area contributed by atoms with E-state index in [1.165, 1.54) is 25.5 Å². The Morgan fingerprint density at radius 3 is 2.94 bits per heavy atom. The van der Waals surface area contributed by atoms with Crippen molar-refractivity contribution in [3.8, 4) is 0 Å². The van der Waals surface area contributed by atoms with Crippen molar-refractivity contribution in [3.05, 3.63) is 35.4 Å². The van der Waals surface area contributed by atoms with Crippen molar-refractivity contribution in [1.29, 1.82) is 0 Å². The molecule has 1 aliphatic carbocycles. The monoisotopic (exact) mass is 220 g/mol. The normalized spacial score (nSPS) is 16.9. The topological polar surface area (TPSA) is 46.5 Å².